The zero-order valence-corrected chi connectivity index (χ0v) is 12.5. The number of hydrogen-bond acceptors (Lipinski definition) is 2. The molecule has 0 heterocycles. The second-order valence-electron chi connectivity index (χ2n) is 4.82. The molecule has 0 rings (SSSR count). The largest absolute Gasteiger partial charge is 0.460 e. The molecule has 0 saturated carbocycles. The molecule has 0 aliphatic rings. The predicted octanol–water partition coefficient (Wildman–Crippen LogP) is 4.85. The van der Waals surface area contributed by atoms with Crippen LogP contribution in [0.25, 0.3) is 0 Å². The predicted molar refractivity (Wildman–Crippen MR) is 80.9 cm³/mol. The van der Waals surface area contributed by atoms with Gasteiger partial charge in [-0.3, -0.25) is 0 Å². The first-order chi connectivity index (χ1) is 8.85. The molecule has 0 aliphatic heterocycles. The third kappa shape index (κ3) is 12.2. The average molecular weight is 254 g/mol. The van der Waals surface area contributed by atoms with E-state index >= 15 is 0 Å². The summed E-state index contributed by atoms with van der Waals surface area (Å²) < 4.78 is 11.5. The normalized spacial score (nSPS) is 10.6. The minimum absolute atomic E-state index is 0.0780. The van der Waals surface area contributed by atoms with Crippen LogP contribution >= 0.6 is 0 Å². The molecule has 0 N–H and O–H groups in total. The maximum atomic E-state index is 5.74. The summed E-state index contributed by atoms with van der Waals surface area (Å²) in [6.07, 6.45) is 12.6. The molecule has 0 radical (unpaired) electrons. The van der Waals surface area contributed by atoms with Gasteiger partial charge in [0, 0.05) is 13.2 Å². The second-order valence-corrected chi connectivity index (χ2v) is 4.82. The van der Waals surface area contributed by atoms with Gasteiger partial charge in [0.1, 0.15) is 0 Å². The molecule has 2 nitrogen and oxygen atoms in total. The summed E-state index contributed by atoms with van der Waals surface area (Å²) in [6.45, 7) is 9.83. The standard InChI is InChI=1S/C15H31BO2/c1-4-7-9-11-14-17-16(13-6-3)18-15-12-10-8-5-2/h6H,3-5,7-15H2,1-2H3. The van der Waals surface area contributed by atoms with E-state index in [0.717, 1.165) is 32.4 Å². The van der Waals surface area contributed by atoms with Gasteiger partial charge in [0.2, 0.25) is 0 Å². The lowest BCUT2D eigenvalue weighted by Gasteiger charge is -2.13. The van der Waals surface area contributed by atoms with Gasteiger partial charge >= 0.3 is 7.12 Å². The molecule has 0 aromatic carbocycles. The molecular formula is C15H31BO2. The second kappa shape index (κ2) is 14.8. The molecule has 0 fully saturated rings. The van der Waals surface area contributed by atoms with E-state index in [2.05, 4.69) is 20.4 Å². The third-order valence-corrected chi connectivity index (χ3v) is 2.96. The smallest absolute Gasteiger partial charge is 0.411 e. The van der Waals surface area contributed by atoms with Crippen molar-refractivity contribution >= 4 is 7.12 Å². The molecule has 18 heavy (non-hydrogen) atoms. The van der Waals surface area contributed by atoms with Crippen LogP contribution in [0.1, 0.15) is 65.2 Å². The van der Waals surface area contributed by atoms with Crippen LogP contribution < -0.4 is 0 Å². The van der Waals surface area contributed by atoms with E-state index in [4.69, 9.17) is 9.31 Å². The van der Waals surface area contributed by atoms with E-state index in [1.807, 2.05) is 6.08 Å². The maximum Gasteiger partial charge on any atom is 0.460 e. The van der Waals surface area contributed by atoms with Gasteiger partial charge in [0.25, 0.3) is 0 Å². The van der Waals surface area contributed by atoms with Crippen molar-refractivity contribution < 1.29 is 9.31 Å². The molecule has 0 atom stereocenters. The van der Waals surface area contributed by atoms with Crippen molar-refractivity contribution in [3.05, 3.63) is 12.7 Å². The zero-order valence-electron chi connectivity index (χ0n) is 12.5. The Hall–Kier alpha value is -0.275. The molecule has 3 heteroatoms. The molecule has 0 spiro atoms. The Morgan fingerprint density at radius 1 is 0.833 bits per heavy atom. The van der Waals surface area contributed by atoms with Crippen LogP contribution in [0.2, 0.25) is 6.32 Å². The fourth-order valence-corrected chi connectivity index (χ4v) is 1.81. The highest BCUT2D eigenvalue weighted by atomic mass is 16.6. The molecular weight excluding hydrogens is 223 g/mol. The minimum atomic E-state index is -0.0780. The third-order valence-electron chi connectivity index (χ3n) is 2.96. The van der Waals surface area contributed by atoms with E-state index < -0.39 is 0 Å². The maximum absolute atomic E-state index is 5.74. The Morgan fingerprint density at radius 3 is 1.72 bits per heavy atom. The van der Waals surface area contributed by atoms with Crippen LogP contribution in [0.3, 0.4) is 0 Å². The van der Waals surface area contributed by atoms with Crippen molar-refractivity contribution in [2.45, 2.75) is 71.5 Å². The van der Waals surface area contributed by atoms with Crippen molar-refractivity contribution in [3.8, 4) is 0 Å². The van der Waals surface area contributed by atoms with E-state index in [1.54, 1.807) is 0 Å². The van der Waals surface area contributed by atoms with Crippen molar-refractivity contribution in [3.63, 3.8) is 0 Å². The van der Waals surface area contributed by atoms with E-state index in [9.17, 15) is 0 Å². The topological polar surface area (TPSA) is 18.5 Å². The van der Waals surface area contributed by atoms with Crippen molar-refractivity contribution in [1.82, 2.24) is 0 Å². The first kappa shape index (κ1) is 17.7. The van der Waals surface area contributed by atoms with E-state index in [1.165, 1.54) is 38.5 Å². The summed E-state index contributed by atoms with van der Waals surface area (Å²) in [4.78, 5) is 0. The molecule has 0 aromatic heterocycles. The summed E-state index contributed by atoms with van der Waals surface area (Å²) in [5.74, 6) is 0. The molecule has 0 amide bonds. The van der Waals surface area contributed by atoms with Crippen LogP contribution in [-0.4, -0.2) is 20.3 Å². The number of allylic oxidation sites excluding steroid dienone is 1. The number of rotatable bonds is 14. The fourth-order valence-electron chi connectivity index (χ4n) is 1.81. The zero-order chi connectivity index (χ0) is 13.5. The Morgan fingerprint density at radius 2 is 1.33 bits per heavy atom. The van der Waals surface area contributed by atoms with E-state index in [0.29, 0.717) is 0 Å². The lowest BCUT2D eigenvalue weighted by molar-refractivity contribution is 0.191. The molecule has 0 aromatic rings. The van der Waals surface area contributed by atoms with Gasteiger partial charge in [0.05, 0.1) is 0 Å². The summed E-state index contributed by atoms with van der Waals surface area (Å²) in [7, 11) is -0.0780. The Kier molecular flexibility index (Phi) is 14.6. The van der Waals surface area contributed by atoms with Crippen molar-refractivity contribution in [2.24, 2.45) is 0 Å². The summed E-state index contributed by atoms with van der Waals surface area (Å²) in [5, 5.41) is 0. The van der Waals surface area contributed by atoms with Gasteiger partial charge in [-0.15, -0.1) is 6.58 Å². The van der Waals surface area contributed by atoms with Crippen molar-refractivity contribution in [1.29, 1.82) is 0 Å². The van der Waals surface area contributed by atoms with Gasteiger partial charge < -0.3 is 9.31 Å². The first-order valence-electron chi connectivity index (χ1n) is 7.69. The lowest BCUT2D eigenvalue weighted by Crippen LogP contribution is -2.23. The van der Waals surface area contributed by atoms with Crippen LogP contribution in [0, 0.1) is 0 Å². The summed E-state index contributed by atoms with van der Waals surface area (Å²) in [5.41, 5.74) is 0. The van der Waals surface area contributed by atoms with Crippen LogP contribution in [0.5, 0.6) is 0 Å². The van der Waals surface area contributed by atoms with Crippen LogP contribution in [0.4, 0.5) is 0 Å². The molecule has 0 aliphatic carbocycles. The summed E-state index contributed by atoms with van der Waals surface area (Å²) in [6, 6.07) is 0. The van der Waals surface area contributed by atoms with Gasteiger partial charge in [0.15, 0.2) is 0 Å². The van der Waals surface area contributed by atoms with Gasteiger partial charge in [-0.2, -0.15) is 0 Å². The molecule has 0 saturated heterocycles. The highest BCUT2D eigenvalue weighted by Gasteiger charge is 2.15. The Balaban J connectivity index is 3.48. The van der Waals surface area contributed by atoms with E-state index in [-0.39, 0.29) is 7.12 Å². The van der Waals surface area contributed by atoms with Crippen molar-refractivity contribution in [2.75, 3.05) is 13.2 Å². The highest BCUT2D eigenvalue weighted by Crippen LogP contribution is 2.05. The summed E-state index contributed by atoms with van der Waals surface area (Å²) >= 11 is 0. The average Bonchev–Trinajstić information content (AvgIpc) is 2.38. The molecule has 0 unspecified atom stereocenters. The number of unbranched alkanes of at least 4 members (excludes halogenated alkanes) is 6. The Bertz CT molecular complexity index is 160. The van der Waals surface area contributed by atoms with Gasteiger partial charge in [-0.1, -0.05) is 58.4 Å². The fraction of sp³-hybridized carbons (Fsp3) is 0.867. The molecule has 106 valence electrons. The number of hydrogen-bond donors (Lipinski definition) is 0. The van der Waals surface area contributed by atoms with Crippen LogP contribution in [0.15, 0.2) is 12.7 Å². The SMILES string of the molecule is C=CCB(OCCCCCC)OCCCCCC. The van der Waals surface area contributed by atoms with Gasteiger partial charge in [-0.05, 0) is 19.2 Å². The minimum Gasteiger partial charge on any atom is -0.411 e. The highest BCUT2D eigenvalue weighted by molar-refractivity contribution is 6.44. The molecule has 0 bridgehead atoms. The van der Waals surface area contributed by atoms with Crippen LogP contribution in [-0.2, 0) is 9.31 Å². The van der Waals surface area contributed by atoms with Gasteiger partial charge in [-0.25, -0.2) is 0 Å². The Labute approximate surface area is 114 Å². The lowest BCUT2D eigenvalue weighted by atomic mass is 9.84. The quantitative estimate of drug-likeness (QED) is 0.250. The monoisotopic (exact) mass is 254 g/mol. The first-order valence-corrected chi connectivity index (χ1v) is 7.69.